The third-order valence-corrected chi connectivity index (χ3v) is 6.36. The number of likely N-dealkylation sites (N-methyl/N-ethyl adjacent to an activating group) is 1. The third kappa shape index (κ3) is 5.70. The first-order chi connectivity index (χ1) is 14.5. The molecule has 0 fully saturated rings. The van der Waals surface area contributed by atoms with Crippen LogP contribution in [-0.4, -0.2) is 37.8 Å². The van der Waals surface area contributed by atoms with Crippen LogP contribution in [0.3, 0.4) is 0 Å². The molecule has 11 heteroatoms. The van der Waals surface area contributed by atoms with Crippen LogP contribution < -0.4 is 10.5 Å². The van der Waals surface area contributed by atoms with Gasteiger partial charge in [0.1, 0.15) is 0 Å². The summed E-state index contributed by atoms with van der Waals surface area (Å²) < 4.78 is 49.6. The zero-order chi connectivity index (χ0) is 22.8. The SMILES string of the molecule is CC(c1cccc(S(N)(=O)=O)c1)N(C)CC(=O)Nc1nc(-c2ccc(F)c(F)c2)cs1. The number of nitrogens with one attached hydrogen (secondary N) is 1. The first kappa shape index (κ1) is 22.9. The normalized spacial score (nSPS) is 12.7. The average Bonchev–Trinajstić information content (AvgIpc) is 3.17. The largest absolute Gasteiger partial charge is 0.301 e. The highest BCUT2D eigenvalue weighted by molar-refractivity contribution is 7.89. The Bertz CT molecular complexity index is 1210. The minimum atomic E-state index is -3.82. The van der Waals surface area contributed by atoms with Crippen LogP contribution in [0.1, 0.15) is 18.5 Å². The fourth-order valence-corrected chi connectivity index (χ4v) is 4.15. The second-order valence-corrected chi connectivity index (χ2v) is 9.34. The predicted octanol–water partition coefficient (Wildman–Crippen LogP) is 3.37. The van der Waals surface area contributed by atoms with E-state index in [-0.39, 0.29) is 23.4 Å². The number of hydrogen-bond acceptors (Lipinski definition) is 6. The van der Waals surface area contributed by atoms with Crippen molar-refractivity contribution < 1.29 is 22.0 Å². The predicted molar refractivity (Wildman–Crippen MR) is 115 cm³/mol. The van der Waals surface area contributed by atoms with E-state index in [1.165, 1.54) is 18.2 Å². The smallest absolute Gasteiger partial charge is 0.240 e. The summed E-state index contributed by atoms with van der Waals surface area (Å²) >= 11 is 1.16. The summed E-state index contributed by atoms with van der Waals surface area (Å²) in [7, 11) is -2.10. The highest BCUT2D eigenvalue weighted by Crippen LogP contribution is 2.26. The van der Waals surface area contributed by atoms with Gasteiger partial charge in [-0.15, -0.1) is 11.3 Å². The molecule has 0 spiro atoms. The zero-order valence-corrected chi connectivity index (χ0v) is 18.3. The quantitative estimate of drug-likeness (QED) is 0.556. The van der Waals surface area contributed by atoms with Gasteiger partial charge in [0.25, 0.3) is 0 Å². The molecule has 3 N–H and O–H groups in total. The van der Waals surface area contributed by atoms with Gasteiger partial charge < -0.3 is 5.32 Å². The number of carbonyl (C=O) groups excluding carboxylic acids is 1. The Morgan fingerprint density at radius 3 is 2.65 bits per heavy atom. The molecule has 1 amide bonds. The van der Waals surface area contributed by atoms with Crippen LogP contribution in [0.25, 0.3) is 11.3 Å². The van der Waals surface area contributed by atoms with Gasteiger partial charge in [0.15, 0.2) is 16.8 Å². The van der Waals surface area contributed by atoms with Crippen molar-refractivity contribution in [1.82, 2.24) is 9.88 Å². The van der Waals surface area contributed by atoms with Crippen molar-refractivity contribution in [2.45, 2.75) is 17.9 Å². The first-order valence-electron chi connectivity index (χ1n) is 9.08. The standard InChI is InChI=1S/C20H20F2N4O3S2/c1-12(13-4-3-5-15(8-13)31(23,28)29)26(2)10-19(27)25-20-24-18(11-30-20)14-6-7-16(21)17(22)9-14/h3-9,11-12H,10H2,1-2H3,(H2,23,28,29)(H,24,25,27). The topological polar surface area (TPSA) is 105 Å². The van der Waals surface area contributed by atoms with E-state index in [4.69, 9.17) is 5.14 Å². The Morgan fingerprint density at radius 1 is 1.23 bits per heavy atom. The van der Waals surface area contributed by atoms with Crippen LogP contribution in [0.15, 0.2) is 52.7 Å². The fraction of sp³-hybridized carbons (Fsp3) is 0.200. The minimum absolute atomic E-state index is 0.00208. The molecule has 164 valence electrons. The Kier molecular flexibility index (Phi) is 6.80. The van der Waals surface area contributed by atoms with Crippen LogP contribution in [-0.2, 0) is 14.8 Å². The molecule has 3 rings (SSSR count). The number of halogens is 2. The molecule has 0 aliphatic heterocycles. The maximum absolute atomic E-state index is 13.4. The fourth-order valence-electron chi connectivity index (χ4n) is 2.85. The zero-order valence-electron chi connectivity index (χ0n) is 16.7. The van der Waals surface area contributed by atoms with Gasteiger partial charge in [-0.2, -0.15) is 0 Å². The van der Waals surface area contributed by atoms with Crippen LogP contribution in [0.4, 0.5) is 13.9 Å². The van der Waals surface area contributed by atoms with Gasteiger partial charge in [0, 0.05) is 17.0 Å². The number of amides is 1. The van der Waals surface area contributed by atoms with E-state index < -0.39 is 21.7 Å². The van der Waals surface area contributed by atoms with Crippen molar-refractivity contribution in [2.75, 3.05) is 18.9 Å². The number of carbonyl (C=O) groups is 1. The lowest BCUT2D eigenvalue weighted by atomic mass is 10.1. The highest BCUT2D eigenvalue weighted by Gasteiger charge is 2.18. The molecule has 1 unspecified atom stereocenters. The monoisotopic (exact) mass is 466 g/mol. The van der Waals surface area contributed by atoms with E-state index in [9.17, 15) is 22.0 Å². The number of primary sulfonamides is 1. The Balaban J connectivity index is 1.64. The molecule has 0 aliphatic carbocycles. The summed E-state index contributed by atoms with van der Waals surface area (Å²) in [4.78, 5) is 18.4. The van der Waals surface area contributed by atoms with E-state index >= 15 is 0 Å². The summed E-state index contributed by atoms with van der Waals surface area (Å²) in [6, 6.07) is 9.43. The van der Waals surface area contributed by atoms with Crippen LogP contribution in [0, 0.1) is 11.6 Å². The number of anilines is 1. The minimum Gasteiger partial charge on any atom is -0.301 e. The number of hydrogen-bond donors (Lipinski definition) is 2. The molecule has 7 nitrogen and oxygen atoms in total. The van der Waals surface area contributed by atoms with Crippen molar-refractivity contribution >= 4 is 32.4 Å². The maximum atomic E-state index is 13.4. The Morgan fingerprint density at radius 2 is 1.97 bits per heavy atom. The molecule has 3 aromatic rings. The number of thiazole rings is 1. The molecule has 0 saturated carbocycles. The molecular formula is C20H20F2N4O3S2. The van der Waals surface area contributed by atoms with Crippen LogP contribution in [0.2, 0.25) is 0 Å². The highest BCUT2D eigenvalue weighted by atomic mass is 32.2. The molecule has 0 radical (unpaired) electrons. The van der Waals surface area contributed by atoms with Gasteiger partial charge in [-0.05, 0) is 49.9 Å². The van der Waals surface area contributed by atoms with Gasteiger partial charge >= 0.3 is 0 Å². The number of benzene rings is 2. The number of nitrogens with two attached hydrogens (primary N) is 1. The Hall–Kier alpha value is -2.73. The summed E-state index contributed by atoms with van der Waals surface area (Å²) in [6.07, 6.45) is 0. The number of aromatic nitrogens is 1. The maximum Gasteiger partial charge on any atom is 0.240 e. The lowest BCUT2D eigenvalue weighted by Gasteiger charge is -2.24. The van der Waals surface area contributed by atoms with E-state index in [1.807, 2.05) is 6.92 Å². The third-order valence-electron chi connectivity index (χ3n) is 4.69. The molecule has 1 atom stereocenters. The summed E-state index contributed by atoms with van der Waals surface area (Å²) in [5.74, 6) is -2.25. The van der Waals surface area contributed by atoms with E-state index in [2.05, 4.69) is 10.3 Å². The molecule has 1 aromatic heterocycles. The van der Waals surface area contributed by atoms with E-state index in [1.54, 1.807) is 29.5 Å². The van der Waals surface area contributed by atoms with Crippen molar-refractivity contribution in [1.29, 1.82) is 0 Å². The van der Waals surface area contributed by atoms with Crippen molar-refractivity contribution in [3.05, 3.63) is 65.0 Å². The average molecular weight is 467 g/mol. The number of rotatable bonds is 7. The number of sulfonamides is 1. The second kappa shape index (κ2) is 9.18. The van der Waals surface area contributed by atoms with Gasteiger partial charge in [-0.1, -0.05) is 12.1 Å². The molecule has 0 aliphatic rings. The Labute approximate surface area is 182 Å². The molecule has 0 saturated heterocycles. The van der Waals surface area contributed by atoms with Crippen molar-refractivity contribution in [3.8, 4) is 11.3 Å². The molecular weight excluding hydrogens is 446 g/mol. The van der Waals surface area contributed by atoms with Crippen molar-refractivity contribution in [3.63, 3.8) is 0 Å². The summed E-state index contributed by atoms with van der Waals surface area (Å²) in [6.45, 7) is 1.85. The van der Waals surface area contributed by atoms with Crippen LogP contribution in [0.5, 0.6) is 0 Å². The molecule has 0 bridgehead atoms. The van der Waals surface area contributed by atoms with E-state index in [0.29, 0.717) is 22.0 Å². The lowest BCUT2D eigenvalue weighted by Crippen LogP contribution is -2.32. The lowest BCUT2D eigenvalue weighted by molar-refractivity contribution is -0.117. The van der Waals surface area contributed by atoms with E-state index in [0.717, 1.165) is 23.5 Å². The summed E-state index contributed by atoms with van der Waals surface area (Å²) in [5, 5.41) is 9.81. The molecule has 2 aromatic carbocycles. The molecule has 1 heterocycles. The number of nitrogens with zero attached hydrogens (tertiary/aromatic N) is 2. The first-order valence-corrected chi connectivity index (χ1v) is 11.5. The van der Waals surface area contributed by atoms with Gasteiger partial charge in [0.05, 0.1) is 17.1 Å². The van der Waals surface area contributed by atoms with Gasteiger partial charge in [-0.25, -0.2) is 27.3 Å². The molecule has 31 heavy (non-hydrogen) atoms. The van der Waals surface area contributed by atoms with Gasteiger partial charge in [0.2, 0.25) is 15.9 Å². The van der Waals surface area contributed by atoms with Crippen molar-refractivity contribution in [2.24, 2.45) is 5.14 Å². The van der Waals surface area contributed by atoms with Crippen LogP contribution >= 0.6 is 11.3 Å². The van der Waals surface area contributed by atoms with Gasteiger partial charge in [-0.3, -0.25) is 9.69 Å². The second-order valence-electron chi connectivity index (χ2n) is 6.92. The summed E-state index contributed by atoms with van der Waals surface area (Å²) in [5.41, 5.74) is 1.51.